The van der Waals surface area contributed by atoms with Crippen LogP contribution in [0.2, 0.25) is 0 Å². The lowest BCUT2D eigenvalue weighted by atomic mass is 10.0. The van der Waals surface area contributed by atoms with Gasteiger partial charge in [-0.25, -0.2) is 0 Å². The number of rotatable bonds is 5. The highest BCUT2D eigenvalue weighted by molar-refractivity contribution is 7.10. The van der Waals surface area contributed by atoms with Crippen LogP contribution in [0.5, 0.6) is 0 Å². The molecule has 1 aromatic heterocycles. The molecule has 0 saturated heterocycles. The normalized spacial score (nSPS) is 17.2. The van der Waals surface area contributed by atoms with Gasteiger partial charge < -0.3 is 10.2 Å². The molecule has 1 fully saturated rings. The van der Waals surface area contributed by atoms with Crippen molar-refractivity contribution in [2.45, 2.75) is 44.2 Å². The summed E-state index contributed by atoms with van der Waals surface area (Å²) < 4.78 is 0. The molecule has 0 unspecified atom stereocenters. The van der Waals surface area contributed by atoms with Crippen molar-refractivity contribution in [1.29, 1.82) is 0 Å². The second-order valence-corrected chi connectivity index (χ2v) is 6.64. The second-order valence-electron chi connectivity index (χ2n) is 5.64. The predicted molar refractivity (Wildman–Crippen MR) is 82.7 cm³/mol. The maximum atomic E-state index is 10.4. The molecule has 0 radical (unpaired) electrons. The lowest BCUT2D eigenvalue weighted by molar-refractivity contribution is 0.0147. The van der Waals surface area contributed by atoms with E-state index in [1.165, 1.54) is 4.88 Å². The van der Waals surface area contributed by atoms with Crippen LogP contribution in [-0.2, 0) is 6.54 Å². The number of likely N-dealkylation sites (N-methyl/N-ethyl adjacent to an activating group) is 1. The highest BCUT2D eigenvalue weighted by atomic mass is 32.1. The van der Waals surface area contributed by atoms with E-state index in [-0.39, 0.29) is 6.61 Å². The predicted octanol–water partition coefficient (Wildman–Crippen LogP) is 2.22. The van der Waals surface area contributed by atoms with Crippen LogP contribution >= 0.6 is 11.3 Å². The Hall–Kier alpha value is -0.860. The lowest BCUT2D eigenvalue weighted by Crippen LogP contribution is -2.38. The van der Waals surface area contributed by atoms with E-state index >= 15 is 0 Å². The first-order valence-corrected chi connectivity index (χ1v) is 8.08. The SMILES string of the molecule is CN(Cc1sccc1C#CCCO)CC1(O)CCCC1. The molecule has 0 bridgehead atoms. The molecule has 1 saturated carbocycles. The van der Waals surface area contributed by atoms with E-state index < -0.39 is 5.60 Å². The quantitative estimate of drug-likeness (QED) is 0.818. The topological polar surface area (TPSA) is 43.7 Å². The number of aliphatic hydroxyl groups excluding tert-OH is 1. The summed E-state index contributed by atoms with van der Waals surface area (Å²) in [6.45, 7) is 1.66. The monoisotopic (exact) mass is 293 g/mol. The molecule has 0 aromatic carbocycles. The van der Waals surface area contributed by atoms with Gasteiger partial charge in [-0.2, -0.15) is 0 Å². The third kappa shape index (κ3) is 4.32. The van der Waals surface area contributed by atoms with E-state index in [1.807, 2.05) is 6.07 Å². The third-order valence-electron chi connectivity index (χ3n) is 3.72. The number of nitrogens with zero attached hydrogens (tertiary/aromatic N) is 1. The fourth-order valence-corrected chi connectivity index (χ4v) is 3.69. The summed E-state index contributed by atoms with van der Waals surface area (Å²) in [6.07, 6.45) is 4.64. The van der Waals surface area contributed by atoms with Crippen molar-refractivity contribution < 1.29 is 10.2 Å². The molecule has 3 nitrogen and oxygen atoms in total. The summed E-state index contributed by atoms with van der Waals surface area (Å²) in [7, 11) is 2.06. The number of hydrogen-bond acceptors (Lipinski definition) is 4. The average Bonchev–Trinajstić information content (AvgIpc) is 3.00. The largest absolute Gasteiger partial charge is 0.395 e. The van der Waals surface area contributed by atoms with E-state index in [9.17, 15) is 5.11 Å². The maximum Gasteiger partial charge on any atom is 0.0774 e. The van der Waals surface area contributed by atoms with Crippen LogP contribution in [0, 0.1) is 11.8 Å². The molecule has 20 heavy (non-hydrogen) atoms. The van der Waals surface area contributed by atoms with Crippen molar-refractivity contribution in [3.63, 3.8) is 0 Å². The molecule has 0 aliphatic heterocycles. The minimum absolute atomic E-state index is 0.111. The zero-order valence-electron chi connectivity index (χ0n) is 12.1. The van der Waals surface area contributed by atoms with Gasteiger partial charge in [-0.3, -0.25) is 4.90 Å². The van der Waals surface area contributed by atoms with Crippen LogP contribution in [-0.4, -0.2) is 40.9 Å². The first kappa shape index (κ1) is 15.5. The summed E-state index contributed by atoms with van der Waals surface area (Å²) in [5, 5.41) is 21.3. The Morgan fingerprint density at radius 2 is 2.15 bits per heavy atom. The van der Waals surface area contributed by atoms with E-state index in [1.54, 1.807) is 11.3 Å². The molecule has 2 N–H and O–H groups in total. The molecule has 0 spiro atoms. The van der Waals surface area contributed by atoms with Crippen molar-refractivity contribution in [3.8, 4) is 11.8 Å². The third-order valence-corrected chi connectivity index (χ3v) is 4.62. The summed E-state index contributed by atoms with van der Waals surface area (Å²) in [5.74, 6) is 6.08. The van der Waals surface area contributed by atoms with Gasteiger partial charge in [0.1, 0.15) is 0 Å². The highest BCUT2D eigenvalue weighted by Crippen LogP contribution is 2.30. The van der Waals surface area contributed by atoms with E-state index in [0.29, 0.717) is 6.42 Å². The lowest BCUT2D eigenvalue weighted by Gasteiger charge is -2.28. The molecule has 1 aliphatic carbocycles. The zero-order chi connectivity index (χ0) is 14.4. The Balaban J connectivity index is 1.93. The van der Waals surface area contributed by atoms with Crippen LogP contribution in [0.1, 0.15) is 42.5 Å². The summed E-state index contributed by atoms with van der Waals surface area (Å²) in [6, 6.07) is 2.03. The Morgan fingerprint density at radius 1 is 1.40 bits per heavy atom. The van der Waals surface area contributed by atoms with Crippen LogP contribution in [0.15, 0.2) is 11.4 Å². The maximum absolute atomic E-state index is 10.4. The molecular weight excluding hydrogens is 270 g/mol. The van der Waals surface area contributed by atoms with Crippen molar-refractivity contribution in [2.24, 2.45) is 0 Å². The van der Waals surface area contributed by atoms with Crippen molar-refractivity contribution >= 4 is 11.3 Å². The van der Waals surface area contributed by atoms with E-state index in [4.69, 9.17) is 5.11 Å². The zero-order valence-corrected chi connectivity index (χ0v) is 12.9. The van der Waals surface area contributed by atoms with Gasteiger partial charge in [-0.05, 0) is 31.3 Å². The number of thiophene rings is 1. The molecule has 1 aromatic rings. The molecule has 2 rings (SSSR count). The summed E-state index contributed by atoms with van der Waals surface area (Å²) in [5.41, 5.74) is 0.558. The van der Waals surface area contributed by atoms with Gasteiger partial charge in [-0.15, -0.1) is 11.3 Å². The molecule has 4 heteroatoms. The first-order chi connectivity index (χ1) is 9.63. The second kappa shape index (κ2) is 7.24. The van der Waals surface area contributed by atoms with Crippen molar-refractivity contribution in [3.05, 3.63) is 21.9 Å². The van der Waals surface area contributed by atoms with Gasteiger partial charge in [0, 0.05) is 30.0 Å². The van der Waals surface area contributed by atoms with Gasteiger partial charge in [0.25, 0.3) is 0 Å². The smallest absolute Gasteiger partial charge is 0.0774 e. The number of hydrogen-bond donors (Lipinski definition) is 2. The highest BCUT2D eigenvalue weighted by Gasteiger charge is 2.32. The fraction of sp³-hybridized carbons (Fsp3) is 0.625. The van der Waals surface area contributed by atoms with Crippen LogP contribution < -0.4 is 0 Å². The van der Waals surface area contributed by atoms with E-state index in [2.05, 4.69) is 29.2 Å². The van der Waals surface area contributed by atoms with Crippen molar-refractivity contribution in [1.82, 2.24) is 4.90 Å². The van der Waals surface area contributed by atoms with Crippen LogP contribution in [0.4, 0.5) is 0 Å². The summed E-state index contributed by atoms with van der Waals surface area (Å²) in [4.78, 5) is 3.42. The Morgan fingerprint density at radius 3 is 2.85 bits per heavy atom. The van der Waals surface area contributed by atoms with Gasteiger partial charge in [0.15, 0.2) is 0 Å². The van der Waals surface area contributed by atoms with Crippen molar-refractivity contribution in [2.75, 3.05) is 20.2 Å². The molecule has 0 amide bonds. The molecule has 110 valence electrons. The standard InChI is InChI=1S/C16H23NO2S/c1-17(13-16(19)8-3-4-9-16)12-15-14(7-11-20-15)6-2-5-10-18/h7,11,18-19H,3-5,8-10,12-13H2,1H3. The molecule has 0 atom stereocenters. The number of aliphatic hydroxyl groups is 2. The molecular formula is C16H23NO2S. The fourth-order valence-electron chi connectivity index (χ4n) is 2.78. The minimum Gasteiger partial charge on any atom is -0.395 e. The minimum atomic E-state index is -0.491. The van der Waals surface area contributed by atoms with Gasteiger partial charge in [0.05, 0.1) is 12.2 Å². The molecule has 1 heterocycles. The van der Waals surface area contributed by atoms with Gasteiger partial charge in [0.2, 0.25) is 0 Å². The Kier molecular flexibility index (Phi) is 5.62. The molecule has 1 aliphatic rings. The Labute approximate surface area is 125 Å². The van der Waals surface area contributed by atoms with Crippen LogP contribution in [0.25, 0.3) is 0 Å². The average molecular weight is 293 g/mol. The van der Waals surface area contributed by atoms with E-state index in [0.717, 1.165) is 44.3 Å². The first-order valence-electron chi connectivity index (χ1n) is 7.20. The van der Waals surface area contributed by atoms with Gasteiger partial charge in [-0.1, -0.05) is 24.7 Å². The summed E-state index contributed by atoms with van der Waals surface area (Å²) >= 11 is 1.70. The Bertz CT molecular complexity index is 480. The van der Waals surface area contributed by atoms with Gasteiger partial charge >= 0.3 is 0 Å². The van der Waals surface area contributed by atoms with Crippen LogP contribution in [0.3, 0.4) is 0 Å².